The maximum absolute atomic E-state index is 13.7. The van der Waals surface area contributed by atoms with Gasteiger partial charge in [0.1, 0.15) is 5.82 Å². The van der Waals surface area contributed by atoms with E-state index in [4.69, 9.17) is 4.74 Å². The van der Waals surface area contributed by atoms with Gasteiger partial charge in [-0.2, -0.15) is 13.2 Å². The fourth-order valence-corrected chi connectivity index (χ4v) is 2.10. The van der Waals surface area contributed by atoms with Crippen LogP contribution in [0.15, 0.2) is 18.2 Å². The lowest BCUT2D eigenvalue weighted by molar-refractivity contribution is -0.137. The minimum absolute atomic E-state index is 0.0628. The maximum atomic E-state index is 13.7. The lowest BCUT2D eigenvalue weighted by atomic mass is 9.94. The Labute approximate surface area is 108 Å². The van der Waals surface area contributed by atoms with Crippen LogP contribution in [-0.2, 0) is 10.9 Å². The molecule has 0 aromatic heterocycles. The summed E-state index contributed by atoms with van der Waals surface area (Å²) in [6.07, 6.45) is -3.99. The molecule has 0 amide bonds. The van der Waals surface area contributed by atoms with Crippen LogP contribution in [0.3, 0.4) is 0 Å². The van der Waals surface area contributed by atoms with Crippen molar-refractivity contribution in [1.29, 1.82) is 0 Å². The van der Waals surface area contributed by atoms with Crippen molar-refractivity contribution < 1.29 is 22.3 Å². The van der Waals surface area contributed by atoms with E-state index in [1.807, 2.05) is 13.8 Å². The van der Waals surface area contributed by atoms with E-state index in [9.17, 15) is 17.6 Å². The Balaban J connectivity index is 2.23. The molecule has 106 valence electrons. The first kappa shape index (κ1) is 14.1. The van der Waals surface area contributed by atoms with Gasteiger partial charge in [0, 0.05) is 6.61 Å². The molecule has 1 aliphatic rings. The number of anilines is 1. The van der Waals surface area contributed by atoms with Gasteiger partial charge in [0.15, 0.2) is 0 Å². The van der Waals surface area contributed by atoms with Crippen LogP contribution >= 0.6 is 0 Å². The molecule has 1 saturated heterocycles. The normalized spacial score (nSPS) is 27.6. The highest BCUT2D eigenvalue weighted by molar-refractivity contribution is 5.49. The first-order chi connectivity index (χ1) is 8.72. The van der Waals surface area contributed by atoms with Crippen LogP contribution in [0.25, 0.3) is 0 Å². The quantitative estimate of drug-likeness (QED) is 0.830. The first-order valence-electron chi connectivity index (χ1n) is 5.99. The van der Waals surface area contributed by atoms with E-state index in [1.165, 1.54) is 0 Å². The first-order valence-corrected chi connectivity index (χ1v) is 5.99. The van der Waals surface area contributed by atoms with E-state index < -0.39 is 23.1 Å². The van der Waals surface area contributed by atoms with Crippen LogP contribution in [0.4, 0.5) is 23.2 Å². The molecule has 0 aliphatic carbocycles. The van der Waals surface area contributed by atoms with Crippen LogP contribution in [0.1, 0.15) is 25.8 Å². The minimum Gasteiger partial charge on any atom is -0.376 e. The van der Waals surface area contributed by atoms with Crippen LogP contribution in [0, 0.1) is 5.82 Å². The summed E-state index contributed by atoms with van der Waals surface area (Å²) >= 11 is 0. The Morgan fingerprint density at radius 3 is 2.53 bits per heavy atom. The predicted octanol–water partition coefficient (Wildman–Crippen LogP) is 3.82. The minimum atomic E-state index is -4.53. The van der Waals surface area contributed by atoms with Gasteiger partial charge in [0.25, 0.3) is 0 Å². The number of nitrogens with one attached hydrogen (secondary N) is 1. The number of hydrogen-bond acceptors (Lipinski definition) is 2. The van der Waals surface area contributed by atoms with Crippen LogP contribution in [-0.4, -0.2) is 18.2 Å². The highest BCUT2D eigenvalue weighted by Crippen LogP contribution is 2.34. The van der Waals surface area contributed by atoms with Crippen molar-refractivity contribution in [3.05, 3.63) is 29.6 Å². The standard InChI is InChI=1S/C13H15F4NO/c1-8-12(2,5-6-19-8)18-11-4-3-9(7-10(11)14)13(15,16)17/h3-4,7-8,18H,5-6H2,1-2H3. The molecule has 2 nitrogen and oxygen atoms in total. The summed E-state index contributed by atoms with van der Waals surface area (Å²) in [6, 6.07) is 2.50. The average molecular weight is 277 g/mol. The molecular formula is C13H15F4NO. The Kier molecular flexibility index (Phi) is 3.47. The number of ether oxygens (including phenoxy) is 1. The molecule has 1 aromatic carbocycles. The van der Waals surface area contributed by atoms with Crippen molar-refractivity contribution in [2.75, 3.05) is 11.9 Å². The number of hydrogen-bond donors (Lipinski definition) is 1. The van der Waals surface area contributed by atoms with Crippen molar-refractivity contribution in [3.8, 4) is 0 Å². The molecule has 0 bridgehead atoms. The lowest BCUT2D eigenvalue weighted by Crippen LogP contribution is -2.41. The zero-order chi connectivity index (χ0) is 14.3. The van der Waals surface area contributed by atoms with E-state index in [2.05, 4.69) is 5.32 Å². The summed E-state index contributed by atoms with van der Waals surface area (Å²) in [7, 11) is 0. The zero-order valence-electron chi connectivity index (χ0n) is 10.6. The molecule has 1 heterocycles. The summed E-state index contributed by atoms with van der Waals surface area (Å²) in [5.74, 6) is -0.907. The SMILES string of the molecule is CC1OCCC1(C)Nc1ccc(C(F)(F)F)cc1F. The lowest BCUT2D eigenvalue weighted by Gasteiger charge is -2.30. The van der Waals surface area contributed by atoms with Crippen LogP contribution < -0.4 is 5.32 Å². The molecule has 1 fully saturated rings. The maximum Gasteiger partial charge on any atom is 0.416 e. The van der Waals surface area contributed by atoms with Crippen molar-refractivity contribution in [3.63, 3.8) is 0 Å². The van der Waals surface area contributed by atoms with Crippen LogP contribution in [0.2, 0.25) is 0 Å². The van der Waals surface area contributed by atoms with Gasteiger partial charge in [-0.05, 0) is 38.5 Å². The third kappa shape index (κ3) is 2.83. The Morgan fingerprint density at radius 1 is 1.37 bits per heavy atom. The Bertz CT molecular complexity index is 474. The molecule has 1 aliphatic heterocycles. The van der Waals surface area contributed by atoms with E-state index in [-0.39, 0.29) is 11.8 Å². The van der Waals surface area contributed by atoms with Gasteiger partial charge in [-0.25, -0.2) is 4.39 Å². The summed E-state index contributed by atoms with van der Waals surface area (Å²) in [5.41, 5.74) is -1.40. The molecule has 2 rings (SSSR count). The number of benzene rings is 1. The second kappa shape index (κ2) is 4.67. The van der Waals surface area contributed by atoms with Gasteiger partial charge < -0.3 is 10.1 Å². The fraction of sp³-hybridized carbons (Fsp3) is 0.538. The molecule has 0 saturated carbocycles. The molecule has 1 aromatic rings. The summed E-state index contributed by atoms with van der Waals surface area (Å²) in [5, 5.41) is 2.95. The third-order valence-corrected chi connectivity index (χ3v) is 3.60. The second-order valence-electron chi connectivity index (χ2n) is 5.00. The van der Waals surface area contributed by atoms with E-state index >= 15 is 0 Å². The molecule has 6 heteroatoms. The molecular weight excluding hydrogens is 262 g/mol. The second-order valence-corrected chi connectivity index (χ2v) is 5.00. The summed E-state index contributed by atoms with van der Waals surface area (Å²) in [6.45, 7) is 4.26. The van der Waals surface area contributed by atoms with E-state index in [1.54, 1.807) is 0 Å². The fourth-order valence-electron chi connectivity index (χ4n) is 2.10. The van der Waals surface area contributed by atoms with E-state index in [0.29, 0.717) is 19.1 Å². The van der Waals surface area contributed by atoms with Gasteiger partial charge >= 0.3 is 6.18 Å². The summed E-state index contributed by atoms with van der Waals surface area (Å²) in [4.78, 5) is 0. The van der Waals surface area contributed by atoms with Crippen molar-refractivity contribution in [2.45, 2.75) is 38.1 Å². The molecule has 2 unspecified atom stereocenters. The number of rotatable bonds is 2. The van der Waals surface area contributed by atoms with Crippen molar-refractivity contribution in [2.24, 2.45) is 0 Å². The Morgan fingerprint density at radius 2 is 2.05 bits per heavy atom. The van der Waals surface area contributed by atoms with Gasteiger partial charge in [-0.15, -0.1) is 0 Å². The molecule has 19 heavy (non-hydrogen) atoms. The van der Waals surface area contributed by atoms with Crippen molar-refractivity contribution >= 4 is 5.69 Å². The average Bonchev–Trinajstić information content (AvgIpc) is 2.61. The highest BCUT2D eigenvalue weighted by atomic mass is 19.4. The number of alkyl halides is 3. The monoisotopic (exact) mass is 277 g/mol. The van der Waals surface area contributed by atoms with Crippen molar-refractivity contribution in [1.82, 2.24) is 0 Å². The number of halogens is 4. The third-order valence-electron chi connectivity index (χ3n) is 3.60. The van der Waals surface area contributed by atoms with Gasteiger partial charge in [0.05, 0.1) is 22.9 Å². The summed E-state index contributed by atoms with van der Waals surface area (Å²) < 4.78 is 56.4. The van der Waals surface area contributed by atoms with Crippen LogP contribution in [0.5, 0.6) is 0 Å². The smallest absolute Gasteiger partial charge is 0.376 e. The topological polar surface area (TPSA) is 21.3 Å². The predicted molar refractivity (Wildman–Crippen MR) is 63.5 cm³/mol. The zero-order valence-corrected chi connectivity index (χ0v) is 10.6. The van der Waals surface area contributed by atoms with Gasteiger partial charge in [0.2, 0.25) is 0 Å². The highest BCUT2D eigenvalue weighted by Gasteiger charge is 2.38. The van der Waals surface area contributed by atoms with E-state index in [0.717, 1.165) is 12.1 Å². The molecule has 0 radical (unpaired) electrons. The van der Waals surface area contributed by atoms with Gasteiger partial charge in [-0.3, -0.25) is 0 Å². The molecule has 0 spiro atoms. The molecule has 1 N–H and O–H groups in total. The Hall–Kier alpha value is -1.30. The molecule has 2 atom stereocenters. The largest absolute Gasteiger partial charge is 0.416 e. The van der Waals surface area contributed by atoms with Gasteiger partial charge in [-0.1, -0.05) is 0 Å².